The summed E-state index contributed by atoms with van der Waals surface area (Å²) in [7, 11) is 1.61. The van der Waals surface area contributed by atoms with Crippen LogP contribution in [0.25, 0.3) is 27.8 Å². The van der Waals surface area contributed by atoms with Gasteiger partial charge in [-0.25, -0.2) is 4.52 Å². The molecule has 7 nitrogen and oxygen atoms in total. The minimum absolute atomic E-state index is 0.214. The quantitative estimate of drug-likeness (QED) is 0.404. The van der Waals surface area contributed by atoms with E-state index in [0.29, 0.717) is 35.0 Å². The fourth-order valence-corrected chi connectivity index (χ4v) is 3.92. The standard InChI is InChI=1S/C24H20ClN5O2/c1-15-3-5-16(6-4-15)13-29-12-11-20-22(24(29)31)26-27-23-21(17-7-9-18(25)10-8-17)19(14-32-2)28-30(20)23/h3-12H,13-14H2,1-2H3. The van der Waals surface area contributed by atoms with E-state index in [1.165, 1.54) is 5.56 Å². The molecule has 0 saturated carbocycles. The number of aryl methyl sites for hydroxylation is 1. The summed E-state index contributed by atoms with van der Waals surface area (Å²) in [5.41, 5.74) is 5.84. The lowest BCUT2D eigenvalue weighted by Gasteiger charge is -2.08. The van der Waals surface area contributed by atoms with Crippen LogP contribution in [0.4, 0.5) is 0 Å². The van der Waals surface area contributed by atoms with E-state index in [1.54, 1.807) is 22.4 Å². The van der Waals surface area contributed by atoms with Crippen LogP contribution < -0.4 is 5.56 Å². The normalized spacial score (nSPS) is 11.5. The van der Waals surface area contributed by atoms with E-state index in [-0.39, 0.29) is 11.1 Å². The Bertz CT molecular complexity index is 1490. The number of aromatic nitrogens is 5. The number of fused-ring (bicyclic) bond motifs is 3. The van der Waals surface area contributed by atoms with Gasteiger partial charge >= 0.3 is 0 Å². The number of methoxy groups -OCH3 is 1. The number of halogens is 1. The lowest BCUT2D eigenvalue weighted by molar-refractivity contribution is 0.181. The molecular weight excluding hydrogens is 426 g/mol. The van der Waals surface area contributed by atoms with Crippen LogP contribution in [0.1, 0.15) is 16.8 Å². The van der Waals surface area contributed by atoms with Crippen molar-refractivity contribution in [2.45, 2.75) is 20.1 Å². The molecule has 3 heterocycles. The van der Waals surface area contributed by atoms with E-state index in [1.807, 2.05) is 61.5 Å². The summed E-state index contributed by atoms with van der Waals surface area (Å²) in [5, 5.41) is 14.0. The van der Waals surface area contributed by atoms with Gasteiger partial charge in [0.2, 0.25) is 0 Å². The molecule has 0 aliphatic carbocycles. The Labute approximate surface area is 188 Å². The fraction of sp³-hybridized carbons (Fsp3) is 0.167. The number of nitrogens with zero attached hydrogens (tertiary/aromatic N) is 5. The van der Waals surface area contributed by atoms with E-state index >= 15 is 0 Å². The molecule has 0 spiro atoms. The maximum atomic E-state index is 13.1. The number of ether oxygens (including phenoxy) is 1. The monoisotopic (exact) mass is 445 g/mol. The highest BCUT2D eigenvalue weighted by molar-refractivity contribution is 6.30. The third kappa shape index (κ3) is 3.55. The van der Waals surface area contributed by atoms with Gasteiger partial charge < -0.3 is 9.30 Å². The summed E-state index contributed by atoms with van der Waals surface area (Å²) in [6.45, 7) is 2.79. The molecular formula is C24H20ClN5O2. The average Bonchev–Trinajstić information content (AvgIpc) is 3.16. The Kier molecular flexibility index (Phi) is 5.20. The van der Waals surface area contributed by atoms with Crippen molar-refractivity contribution in [3.8, 4) is 11.1 Å². The van der Waals surface area contributed by atoms with Crippen LogP contribution in [-0.2, 0) is 17.9 Å². The van der Waals surface area contributed by atoms with E-state index in [4.69, 9.17) is 21.4 Å². The highest BCUT2D eigenvalue weighted by atomic mass is 35.5. The maximum absolute atomic E-state index is 13.1. The van der Waals surface area contributed by atoms with Crippen LogP contribution in [-0.4, -0.2) is 31.5 Å². The second-order valence-electron chi connectivity index (χ2n) is 7.67. The molecule has 0 N–H and O–H groups in total. The lowest BCUT2D eigenvalue weighted by atomic mass is 10.1. The second kappa shape index (κ2) is 8.18. The van der Waals surface area contributed by atoms with E-state index in [9.17, 15) is 4.79 Å². The van der Waals surface area contributed by atoms with Gasteiger partial charge in [0.05, 0.1) is 24.4 Å². The third-order valence-corrected chi connectivity index (χ3v) is 5.66. The molecule has 0 saturated heterocycles. The molecule has 0 fully saturated rings. The first-order valence-corrected chi connectivity index (χ1v) is 10.5. The van der Waals surface area contributed by atoms with Crippen LogP contribution in [0.2, 0.25) is 5.02 Å². The van der Waals surface area contributed by atoms with Crippen molar-refractivity contribution < 1.29 is 4.74 Å². The van der Waals surface area contributed by atoms with Gasteiger partial charge in [0, 0.05) is 18.3 Å². The first-order valence-electron chi connectivity index (χ1n) is 10.1. The molecule has 0 bridgehead atoms. The molecule has 160 valence electrons. The third-order valence-electron chi connectivity index (χ3n) is 5.41. The molecule has 0 aliphatic rings. The van der Waals surface area contributed by atoms with Crippen molar-refractivity contribution in [2.24, 2.45) is 0 Å². The van der Waals surface area contributed by atoms with Gasteiger partial charge in [0.15, 0.2) is 11.2 Å². The number of hydrogen-bond donors (Lipinski definition) is 0. The van der Waals surface area contributed by atoms with E-state index in [2.05, 4.69) is 10.2 Å². The Morgan fingerprint density at radius 1 is 1.00 bits per heavy atom. The molecule has 2 aromatic carbocycles. The predicted octanol–water partition coefficient (Wildman–Crippen LogP) is 4.26. The summed E-state index contributed by atoms with van der Waals surface area (Å²) in [5.74, 6) is 0. The maximum Gasteiger partial charge on any atom is 0.280 e. The van der Waals surface area contributed by atoms with Crippen LogP contribution in [0.15, 0.2) is 65.6 Å². The number of hydrogen-bond acceptors (Lipinski definition) is 5. The molecule has 0 unspecified atom stereocenters. The van der Waals surface area contributed by atoms with Gasteiger partial charge in [0.1, 0.15) is 5.52 Å². The molecule has 0 aliphatic heterocycles. The molecule has 5 aromatic rings. The highest BCUT2D eigenvalue weighted by Crippen LogP contribution is 2.30. The van der Waals surface area contributed by atoms with Crippen molar-refractivity contribution in [3.63, 3.8) is 0 Å². The molecule has 3 aromatic heterocycles. The topological polar surface area (TPSA) is 74.3 Å². The molecule has 32 heavy (non-hydrogen) atoms. The van der Waals surface area contributed by atoms with Crippen LogP contribution in [0.3, 0.4) is 0 Å². The van der Waals surface area contributed by atoms with Gasteiger partial charge in [-0.05, 0) is 36.2 Å². The van der Waals surface area contributed by atoms with Crippen LogP contribution >= 0.6 is 11.6 Å². The van der Waals surface area contributed by atoms with Gasteiger partial charge in [0.25, 0.3) is 5.56 Å². The predicted molar refractivity (Wildman–Crippen MR) is 124 cm³/mol. The summed E-state index contributed by atoms with van der Waals surface area (Å²) >= 11 is 6.06. The Morgan fingerprint density at radius 3 is 2.47 bits per heavy atom. The summed E-state index contributed by atoms with van der Waals surface area (Å²) < 4.78 is 8.65. The lowest BCUT2D eigenvalue weighted by Crippen LogP contribution is -2.22. The second-order valence-corrected chi connectivity index (χ2v) is 8.10. The van der Waals surface area contributed by atoms with Gasteiger partial charge in [-0.1, -0.05) is 53.6 Å². The van der Waals surface area contributed by atoms with Crippen LogP contribution in [0, 0.1) is 6.92 Å². The summed E-state index contributed by atoms with van der Waals surface area (Å²) in [6.07, 6.45) is 1.77. The number of benzene rings is 2. The van der Waals surface area contributed by atoms with Crippen molar-refractivity contribution >= 4 is 28.3 Å². The van der Waals surface area contributed by atoms with Crippen molar-refractivity contribution in [2.75, 3.05) is 7.11 Å². The van der Waals surface area contributed by atoms with Gasteiger partial charge in [-0.3, -0.25) is 4.79 Å². The minimum Gasteiger partial charge on any atom is -0.378 e. The molecule has 5 rings (SSSR count). The Balaban J connectivity index is 1.67. The molecule has 0 amide bonds. The van der Waals surface area contributed by atoms with Crippen LogP contribution in [0.5, 0.6) is 0 Å². The zero-order chi connectivity index (χ0) is 22.2. The first-order chi connectivity index (χ1) is 15.5. The molecule has 8 heteroatoms. The average molecular weight is 446 g/mol. The van der Waals surface area contributed by atoms with Crippen molar-refractivity contribution in [3.05, 3.63) is 93.0 Å². The summed E-state index contributed by atoms with van der Waals surface area (Å²) in [6, 6.07) is 17.4. The van der Waals surface area contributed by atoms with Crippen molar-refractivity contribution in [1.29, 1.82) is 0 Å². The van der Waals surface area contributed by atoms with Gasteiger partial charge in [-0.15, -0.1) is 10.2 Å². The SMILES string of the molecule is COCc1nn2c(nnc3c(=O)n(Cc4ccc(C)cc4)ccc32)c1-c1ccc(Cl)cc1. The fourth-order valence-electron chi connectivity index (χ4n) is 3.79. The Morgan fingerprint density at radius 2 is 1.75 bits per heavy atom. The molecule has 0 atom stereocenters. The van der Waals surface area contributed by atoms with E-state index < -0.39 is 0 Å². The number of pyridine rings is 1. The smallest absolute Gasteiger partial charge is 0.280 e. The van der Waals surface area contributed by atoms with Gasteiger partial charge in [-0.2, -0.15) is 5.10 Å². The molecule has 0 radical (unpaired) electrons. The zero-order valence-electron chi connectivity index (χ0n) is 17.6. The zero-order valence-corrected chi connectivity index (χ0v) is 18.4. The highest BCUT2D eigenvalue weighted by Gasteiger charge is 2.19. The Hall–Kier alpha value is -3.55. The first kappa shape index (κ1) is 20.4. The van der Waals surface area contributed by atoms with E-state index in [0.717, 1.165) is 16.7 Å². The minimum atomic E-state index is -0.214. The summed E-state index contributed by atoms with van der Waals surface area (Å²) in [4.78, 5) is 13.1. The van der Waals surface area contributed by atoms with Crippen molar-refractivity contribution in [1.82, 2.24) is 24.4 Å². The number of rotatable bonds is 5. The largest absolute Gasteiger partial charge is 0.378 e.